The van der Waals surface area contributed by atoms with Crippen molar-refractivity contribution in [3.8, 4) is 11.5 Å². The first kappa shape index (κ1) is 23.0. The normalized spacial score (nSPS) is 14.4. The van der Waals surface area contributed by atoms with Crippen LogP contribution < -0.4 is 4.74 Å². The molecule has 2 heterocycles. The molecule has 3 aromatic rings. The molecule has 1 aliphatic heterocycles. The second kappa shape index (κ2) is 11.0. The lowest BCUT2D eigenvalue weighted by atomic mass is 9.95. The summed E-state index contributed by atoms with van der Waals surface area (Å²) in [7, 11) is 0. The van der Waals surface area contributed by atoms with E-state index in [0.717, 1.165) is 47.7 Å². The highest BCUT2D eigenvalue weighted by atomic mass is 35.5. The van der Waals surface area contributed by atoms with E-state index >= 15 is 0 Å². The maximum Gasteiger partial charge on any atom is 0.128 e. The monoisotopic (exact) mass is 446 g/mol. The summed E-state index contributed by atoms with van der Waals surface area (Å²) in [5, 5.41) is 0.695. The van der Waals surface area contributed by atoms with Crippen LogP contribution in [0.3, 0.4) is 0 Å². The molecule has 0 atom stereocenters. The summed E-state index contributed by atoms with van der Waals surface area (Å²) >= 11 is 5.93. The Hall–Kier alpha value is -2.33. The Morgan fingerprint density at radius 1 is 0.931 bits per heavy atom. The van der Waals surface area contributed by atoms with E-state index < -0.39 is 0 Å². The molecule has 29 heavy (non-hydrogen) atoms. The summed E-state index contributed by atoms with van der Waals surface area (Å²) in [5.41, 5.74) is 4.43. The van der Waals surface area contributed by atoms with Crippen molar-refractivity contribution in [3.63, 3.8) is 0 Å². The van der Waals surface area contributed by atoms with Gasteiger partial charge in [-0.1, -0.05) is 23.7 Å². The van der Waals surface area contributed by atoms with Crippen LogP contribution in [-0.4, -0.2) is 17.2 Å². The molecule has 0 spiro atoms. The van der Waals surface area contributed by atoms with Gasteiger partial charge in [-0.3, -0.25) is 9.98 Å². The van der Waals surface area contributed by atoms with Crippen molar-refractivity contribution in [3.05, 3.63) is 94.8 Å². The van der Waals surface area contributed by atoms with Crippen molar-refractivity contribution < 1.29 is 4.74 Å². The third-order valence-corrected chi connectivity index (χ3v) is 4.61. The number of hydrogen-bond donors (Lipinski definition) is 0. The van der Waals surface area contributed by atoms with Gasteiger partial charge in [0.25, 0.3) is 0 Å². The summed E-state index contributed by atoms with van der Waals surface area (Å²) in [4.78, 5) is 8.97. The second-order valence-electron chi connectivity index (χ2n) is 6.37. The van der Waals surface area contributed by atoms with Gasteiger partial charge in [0.1, 0.15) is 11.5 Å². The summed E-state index contributed by atoms with van der Waals surface area (Å²) in [5.74, 6) is 1.56. The van der Waals surface area contributed by atoms with Gasteiger partial charge in [-0.15, -0.1) is 24.8 Å². The zero-order chi connectivity index (χ0) is 18.5. The number of benzene rings is 2. The minimum atomic E-state index is 0. The van der Waals surface area contributed by atoms with E-state index in [4.69, 9.17) is 21.3 Å². The van der Waals surface area contributed by atoms with E-state index in [9.17, 15) is 0 Å². The van der Waals surface area contributed by atoms with Gasteiger partial charge < -0.3 is 4.74 Å². The Bertz CT molecular complexity index is 987. The summed E-state index contributed by atoms with van der Waals surface area (Å²) < 4.78 is 5.95. The number of pyridine rings is 1. The van der Waals surface area contributed by atoms with E-state index in [1.807, 2.05) is 54.7 Å². The van der Waals surface area contributed by atoms with Crippen LogP contribution in [0.15, 0.2) is 83.6 Å². The number of allylic oxidation sites excluding steroid dienone is 1. The van der Waals surface area contributed by atoms with Gasteiger partial charge >= 0.3 is 0 Å². The van der Waals surface area contributed by atoms with Crippen LogP contribution >= 0.6 is 36.4 Å². The molecule has 0 radical (unpaired) electrons. The number of aliphatic imine (C=N–C) groups is 1. The molecule has 0 saturated carbocycles. The van der Waals surface area contributed by atoms with Crippen molar-refractivity contribution in [1.82, 2.24) is 4.98 Å². The second-order valence-corrected chi connectivity index (χ2v) is 6.81. The molecule has 150 valence electrons. The van der Waals surface area contributed by atoms with Crippen molar-refractivity contribution in [2.75, 3.05) is 6.54 Å². The first-order valence-electron chi connectivity index (χ1n) is 8.97. The fourth-order valence-electron chi connectivity index (χ4n) is 3.11. The van der Waals surface area contributed by atoms with Crippen LogP contribution in [0.2, 0.25) is 5.02 Å². The predicted molar refractivity (Wildman–Crippen MR) is 125 cm³/mol. The SMILES string of the molecule is Cl.Cl.Clc1ccc(Oc2cccc(/C=C3\CCCN=C3c3cccnc3)c2)cc1. The summed E-state index contributed by atoms with van der Waals surface area (Å²) in [6.45, 7) is 0.862. The maximum atomic E-state index is 5.95. The first-order valence-corrected chi connectivity index (χ1v) is 9.35. The minimum absolute atomic E-state index is 0. The number of ether oxygens (including phenoxy) is 1. The molecule has 4 rings (SSSR count). The molecule has 3 nitrogen and oxygen atoms in total. The molecule has 0 saturated heterocycles. The van der Waals surface area contributed by atoms with E-state index in [-0.39, 0.29) is 24.8 Å². The van der Waals surface area contributed by atoms with Gasteiger partial charge in [0.15, 0.2) is 0 Å². The number of rotatable bonds is 4. The number of halogens is 3. The molecule has 0 bridgehead atoms. The molecule has 6 heteroatoms. The van der Waals surface area contributed by atoms with E-state index in [0.29, 0.717) is 5.02 Å². The number of aromatic nitrogens is 1. The zero-order valence-electron chi connectivity index (χ0n) is 15.6. The molecule has 0 fully saturated rings. The Morgan fingerprint density at radius 2 is 1.76 bits per heavy atom. The van der Waals surface area contributed by atoms with Gasteiger partial charge in [0.05, 0.1) is 5.71 Å². The van der Waals surface area contributed by atoms with Crippen molar-refractivity contribution in [2.24, 2.45) is 4.99 Å². The van der Waals surface area contributed by atoms with Gasteiger partial charge in [0, 0.05) is 29.5 Å². The summed E-state index contributed by atoms with van der Waals surface area (Å²) in [6.07, 6.45) is 7.93. The fourth-order valence-corrected chi connectivity index (χ4v) is 3.23. The molecular weight excluding hydrogens is 427 g/mol. The van der Waals surface area contributed by atoms with Crippen molar-refractivity contribution in [2.45, 2.75) is 12.8 Å². The third-order valence-electron chi connectivity index (χ3n) is 4.36. The van der Waals surface area contributed by atoms with Crippen LogP contribution in [0.5, 0.6) is 11.5 Å². The molecule has 0 unspecified atom stereocenters. The molecular formula is C23H21Cl3N2O. The highest BCUT2D eigenvalue weighted by molar-refractivity contribution is 6.30. The van der Waals surface area contributed by atoms with Crippen LogP contribution in [-0.2, 0) is 0 Å². The van der Waals surface area contributed by atoms with E-state index in [1.54, 1.807) is 6.20 Å². The van der Waals surface area contributed by atoms with E-state index in [2.05, 4.69) is 23.2 Å². The lowest BCUT2D eigenvalue weighted by Crippen LogP contribution is -2.11. The highest BCUT2D eigenvalue weighted by Crippen LogP contribution is 2.26. The summed E-state index contributed by atoms with van der Waals surface area (Å²) in [6, 6.07) is 19.4. The minimum Gasteiger partial charge on any atom is -0.457 e. The average Bonchev–Trinajstić information content (AvgIpc) is 2.71. The van der Waals surface area contributed by atoms with Gasteiger partial charge in [-0.2, -0.15) is 0 Å². The fraction of sp³-hybridized carbons (Fsp3) is 0.130. The standard InChI is InChI=1S/C23H19ClN2O.2ClH/c24-20-8-10-21(11-9-20)27-22-7-1-4-17(15-22)14-18-5-3-13-26-23(18)19-6-2-12-25-16-19;;/h1-2,4,6-12,14-16H,3,5,13H2;2*1H/b18-14+;;. The van der Waals surface area contributed by atoms with E-state index in [1.165, 1.54) is 5.57 Å². The average molecular weight is 448 g/mol. The Morgan fingerprint density at radius 3 is 2.52 bits per heavy atom. The zero-order valence-corrected chi connectivity index (χ0v) is 18.0. The van der Waals surface area contributed by atoms with Crippen molar-refractivity contribution in [1.29, 1.82) is 0 Å². The quantitative estimate of drug-likeness (QED) is 0.430. The lowest BCUT2D eigenvalue weighted by molar-refractivity contribution is 0.482. The molecule has 2 aromatic carbocycles. The first-order chi connectivity index (χ1) is 13.3. The largest absolute Gasteiger partial charge is 0.457 e. The smallest absolute Gasteiger partial charge is 0.128 e. The molecule has 0 N–H and O–H groups in total. The lowest BCUT2D eigenvalue weighted by Gasteiger charge is -2.16. The Kier molecular flexibility index (Phi) is 8.71. The predicted octanol–water partition coefficient (Wildman–Crippen LogP) is 7.04. The third kappa shape index (κ3) is 6.07. The van der Waals surface area contributed by atoms with Gasteiger partial charge in [-0.25, -0.2) is 0 Å². The Balaban J connectivity index is 0.00000150. The number of hydrogen-bond acceptors (Lipinski definition) is 3. The maximum absolute atomic E-state index is 5.95. The molecule has 0 aliphatic carbocycles. The van der Waals surface area contributed by atoms with Gasteiger partial charge in [-0.05, 0) is 78.6 Å². The van der Waals surface area contributed by atoms with Crippen molar-refractivity contribution >= 4 is 48.2 Å². The molecule has 1 aromatic heterocycles. The topological polar surface area (TPSA) is 34.5 Å². The van der Waals surface area contributed by atoms with Crippen LogP contribution in [0.1, 0.15) is 24.0 Å². The van der Waals surface area contributed by atoms with Gasteiger partial charge in [0.2, 0.25) is 0 Å². The molecule has 0 amide bonds. The molecule has 1 aliphatic rings. The van der Waals surface area contributed by atoms with Crippen LogP contribution in [0.25, 0.3) is 6.08 Å². The van der Waals surface area contributed by atoms with Crippen LogP contribution in [0.4, 0.5) is 0 Å². The Labute approximate surface area is 188 Å². The van der Waals surface area contributed by atoms with Crippen LogP contribution in [0, 0.1) is 0 Å². The highest BCUT2D eigenvalue weighted by Gasteiger charge is 2.14. The number of nitrogens with zero attached hydrogens (tertiary/aromatic N) is 2.